The Morgan fingerprint density at radius 3 is 2.59 bits per heavy atom. The second-order valence-electron chi connectivity index (χ2n) is 5.72. The van der Waals surface area contributed by atoms with Crippen LogP contribution < -0.4 is 10.2 Å². The predicted molar refractivity (Wildman–Crippen MR) is 88.9 cm³/mol. The number of hydrogen-bond donors (Lipinski definition) is 1. The van der Waals surface area contributed by atoms with Gasteiger partial charge in [-0.2, -0.15) is 9.97 Å². The fourth-order valence-electron chi connectivity index (χ4n) is 1.65. The molecule has 2 aromatic rings. The van der Waals surface area contributed by atoms with Gasteiger partial charge in [0.05, 0.1) is 0 Å². The van der Waals surface area contributed by atoms with Gasteiger partial charge in [-0.05, 0) is 24.6 Å². The van der Waals surface area contributed by atoms with E-state index in [9.17, 15) is 0 Å². The second-order valence-corrected chi connectivity index (χ2v) is 7.91. The van der Waals surface area contributed by atoms with Gasteiger partial charge >= 0.3 is 0 Å². The zero-order valence-corrected chi connectivity index (χ0v) is 14.7. The van der Waals surface area contributed by atoms with Crippen molar-refractivity contribution in [3.63, 3.8) is 0 Å². The molecule has 1 saturated carbocycles. The van der Waals surface area contributed by atoms with E-state index < -0.39 is 0 Å². The van der Waals surface area contributed by atoms with Crippen molar-refractivity contribution < 1.29 is 0 Å². The molecule has 0 aromatic carbocycles. The number of rotatable bonds is 6. The summed E-state index contributed by atoms with van der Waals surface area (Å²) in [6, 6.07) is 0.580. The van der Waals surface area contributed by atoms with Crippen molar-refractivity contribution in [3.05, 3.63) is 5.82 Å². The molecule has 0 bridgehead atoms. The van der Waals surface area contributed by atoms with E-state index >= 15 is 0 Å². The first-order valence-corrected chi connectivity index (χ1v) is 8.85. The summed E-state index contributed by atoms with van der Waals surface area (Å²) in [5, 5.41) is 13.2. The van der Waals surface area contributed by atoms with Crippen LogP contribution in [0.2, 0.25) is 0 Å². The van der Waals surface area contributed by atoms with E-state index in [1.165, 1.54) is 24.6 Å². The van der Waals surface area contributed by atoms with Crippen LogP contribution in [-0.4, -0.2) is 45.3 Å². The van der Waals surface area contributed by atoms with Gasteiger partial charge in [0.25, 0.3) is 0 Å². The summed E-state index contributed by atoms with van der Waals surface area (Å²) in [4.78, 5) is 15.4. The van der Waals surface area contributed by atoms with Crippen molar-refractivity contribution in [1.29, 1.82) is 0 Å². The van der Waals surface area contributed by atoms with Crippen LogP contribution >= 0.6 is 23.1 Å². The average Bonchev–Trinajstić information content (AvgIpc) is 3.17. The molecule has 7 nitrogen and oxygen atoms in total. The zero-order chi connectivity index (χ0) is 15.7. The van der Waals surface area contributed by atoms with E-state index in [0.29, 0.717) is 17.1 Å². The van der Waals surface area contributed by atoms with Gasteiger partial charge in [0.1, 0.15) is 5.82 Å². The molecule has 2 heterocycles. The number of nitrogens with one attached hydrogen (secondary N) is 1. The van der Waals surface area contributed by atoms with Crippen LogP contribution in [0.5, 0.6) is 0 Å². The summed E-state index contributed by atoms with van der Waals surface area (Å²) in [6.45, 7) is 4.15. The number of anilines is 2. The highest BCUT2D eigenvalue weighted by atomic mass is 32.2. The van der Waals surface area contributed by atoms with Crippen molar-refractivity contribution in [1.82, 2.24) is 25.1 Å². The van der Waals surface area contributed by atoms with E-state index in [4.69, 9.17) is 0 Å². The molecule has 22 heavy (non-hydrogen) atoms. The molecule has 0 spiro atoms. The molecule has 1 aliphatic rings. The summed E-state index contributed by atoms with van der Waals surface area (Å²) in [5.41, 5.74) is 0. The van der Waals surface area contributed by atoms with Crippen LogP contribution in [-0.2, 0) is 0 Å². The van der Waals surface area contributed by atoms with Gasteiger partial charge in [-0.15, -0.1) is 10.2 Å². The first-order chi connectivity index (χ1) is 10.5. The Balaban J connectivity index is 1.79. The van der Waals surface area contributed by atoms with Crippen molar-refractivity contribution in [2.24, 2.45) is 0 Å². The number of aromatic nitrogens is 5. The van der Waals surface area contributed by atoms with Crippen molar-refractivity contribution in [2.45, 2.75) is 48.1 Å². The van der Waals surface area contributed by atoms with Crippen LogP contribution in [0, 0.1) is 0 Å². The average molecular weight is 337 g/mol. The molecule has 1 fully saturated rings. The summed E-state index contributed by atoms with van der Waals surface area (Å²) >= 11 is 2.98. The Morgan fingerprint density at radius 1 is 1.18 bits per heavy atom. The maximum absolute atomic E-state index is 4.53. The highest BCUT2D eigenvalue weighted by Gasteiger charge is 2.22. The van der Waals surface area contributed by atoms with E-state index in [2.05, 4.69) is 44.3 Å². The lowest BCUT2D eigenvalue weighted by Crippen LogP contribution is -2.15. The Labute approximate surface area is 138 Å². The molecule has 0 unspecified atom stereocenters. The van der Waals surface area contributed by atoms with E-state index in [1.54, 1.807) is 11.3 Å². The smallest absolute Gasteiger partial charge is 0.229 e. The minimum atomic E-state index is 0.252. The first-order valence-electron chi connectivity index (χ1n) is 7.22. The summed E-state index contributed by atoms with van der Waals surface area (Å²) in [7, 11) is 3.85. The Hall–Kier alpha value is -1.48. The van der Waals surface area contributed by atoms with Gasteiger partial charge in [-0.3, -0.25) is 0 Å². The van der Waals surface area contributed by atoms with Gasteiger partial charge in [-0.1, -0.05) is 25.2 Å². The van der Waals surface area contributed by atoms with E-state index in [0.717, 1.165) is 15.3 Å². The van der Waals surface area contributed by atoms with Gasteiger partial charge in [0.2, 0.25) is 11.1 Å². The molecule has 1 N–H and O–H groups in total. The number of nitrogens with zero attached hydrogens (tertiary/aromatic N) is 6. The van der Waals surface area contributed by atoms with Gasteiger partial charge in [-0.25, -0.2) is 4.98 Å². The molecule has 0 aliphatic heterocycles. The van der Waals surface area contributed by atoms with Crippen LogP contribution in [0.25, 0.3) is 0 Å². The third-order valence-corrected chi connectivity index (χ3v) is 4.80. The maximum Gasteiger partial charge on any atom is 0.229 e. The first kappa shape index (κ1) is 15.4. The molecule has 0 radical (unpaired) electrons. The molecular formula is C13H19N7S2. The van der Waals surface area contributed by atoms with Crippen LogP contribution in [0.1, 0.15) is 38.4 Å². The molecule has 118 valence electrons. The molecular weight excluding hydrogens is 318 g/mol. The highest BCUT2D eigenvalue weighted by molar-refractivity contribution is 8.00. The SMILES string of the molecule is CC(C)c1nc(Sc2nnc(NC3CC3)s2)nc(N(C)C)n1. The Kier molecular flexibility index (Phi) is 4.44. The lowest BCUT2D eigenvalue weighted by Gasteiger charge is -2.13. The third-order valence-electron chi connectivity index (χ3n) is 3.03. The van der Waals surface area contributed by atoms with Crippen molar-refractivity contribution >= 4 is 34.2 Å². The van der Waals surface area contributed by atoms with Crippen LogP contribution in [0.15, 0.2) is 9.50 Å². The summed E-state index contributed by atoms with van der Waals surface area (Å²) in [6.07, 6.45) is 2.44. The molecule has 1 aliphatic carbocycles. The largest absolute Gasteiger partial charge is 0.357 e. The molecule has 3 rings (SSSR count). The lowest BCUT2D eigenvalue weighted by atomic mass is 10.2. The topological polar surface area (TPSA) is 79.7 Å². The molecule has 0 atom stereocenters. The summed E-state index contributed by atoms with van der Waals surface area (Å²) < 4.78 is 0.841. The minimum absolute atomic E-state index is 0.252. The maximum atomic E-state index is 4.53. The molecule has 0 amide bonds. The number of hydrogen-bond acceptors (Lipinski definition) is 9. The standard InChI is InChI=1S/C13H19N7S2/c1-7(2)9-15-10(20(3)4)17-11(16-9)21-13-19-18-12(22-13)14-8-5-6-8/h7-8H,5-6H2,1-4H3,(H,14,18). The monoisotopic (exact) mass is 337 g/mol. The van der Waals surface area contributed by atoms with Gasteiger partial charge in [0.15, 0.2) is 9.50 Å². The van der Waals surface area contributed by atoms with Crippen molar-refractivity contribution in [3.8, 4) is 0 Å². The van der Waals surface area contributed by atoms with Crippen LogP contribution in [0.4, 0.5) is 11.1 Å². The molecule has 0 saturated heterocycles. The highest BCUT2D eigenvalue weighted by Crippen LogP contribution is 2.33. The predicted octanol–water partition coefficient (Wildman–Crippen LogP) is 2.64. The Bertz CT molecular complexity index is 625. The Morgan fingerprint density at radius 2 is 1.95 bits per heavy atom. The van der Waals surface area contributed by atoms with Gasteiger partial charge < -0.3 is 10.2 Å². The third kappa shape index (κ3) is 3.83. The fourth-order valence-corrected chi connectivity index (χ4v) is 3.34. The van der Waals surface area contributed by atoms with Gasteiger partial charge in [0, 0.05) is 26.1 Å². The molecule has 2 aromatic heterocycles. The second kappa shape index (κ2) is 6.33. The fraction of sp³-hybridized carbons (Fsp3) is 0.615. The quantitative estimate of drug-likeness (QED) is 0.862. The summed E-state index contributed by atoms with van der Waals surface area (Å²) in [5.74, 6) is 1.71. The minimum Gasteiger partial charge on any atom is -0.357 e. The van der Waals surface area contributed by atoms with Crippen LogP contribution in [0.3, 0.4) is 0 Å². The lowest BCUT2D eigenvalue weighted by molar-refractivity contribution is 0.716. The zero-order valence-electron chi connectivity index (χ0n) is 13.1. The van der Waals surface area contributed by atoms with E-state index in [1.807, 2.05) is 19.0 Å². The normalized spacial score (nSPS) is 14.4. The molecule has 9 heteroatoms. The van der Waals surface area contributed by atoms with E-state index in [-0.39, 0.29) is 5.92 Å². The van der Waals surface area contributed by atoms with Crippen molar-refractivity contribution in [2.75, 3.05) is 24.3 Å².